The van der Waals surface area contributed by atoms with Gasteiger partial charge in [-0.2, -0.15) is 5.10 Å². The number of H-pyrrole nitrogens is 1. The molecule has 2 aromatic heterocycles. The van der Waals surface area contributed by atoms with Crippen molar-refractivity contribution in [3.63, 3.8) is 0 Å². The van der Waals surface area contributed by atoms with Crippen LogP contribution in [0.15, 0.2) is 12.1 Å². The number of carbonyl (C=O) groups is 1. The molecule has 0 unspecified atom stereocenters. The van der Waals surface area contributed by atoms with Gasteiger partial charge in [-0.05, 0) is 38.3 Å². The van der Waals surface area contributed by atoms with Crippen molar-refractivity contribution in [3.8, 4) is 0 Å². The van der Waals surface area contributed by atoms with Gasteiger partial charge in [0.2, 0.25) is 0 Å². The van der Waals surface area contributed by atoms with Gasteiger partial charge in [0.15, 0.2) is 11.6 Å². The first-order valence-corrected chi connectivity index (χ1v) is 7.95. The van der Waals surface area contributed by atoms with E-state index in [0.29, 0.717) is 23.9 Å². The molecular formula is C16H23N5O2. The molecule has 0 aliphatic carbocycles. The van der Waals surface area contributed by atoms with E-state index in [0.717, 1.165) is 31.5 Å². The summed E-state index contributed by atoms with van der Waals surface area (Å²) >= 11 is 0. The van der Waals surface area contributed by atoms with Crippen molar-refractivity contribution < 1.29 is 9.53 Å². The fraction of sp³-hybridized carbons (Fsp3) is 0.562. The number of carbonyl (C=O) groups excluding carboxylic acids is 1. The lowest BCUT2D eigenvalue weighted by Crippen LogP contribution is -2.39. The Morgan fingerprint density at radius 1 is 1.43 bits per heavy atom. The predicted molar refractivity (Wildman–Crippen MR) is 84.9 cm³/mol. The summed E-state index contributed by atoms with van der Waals surface area (Å²) in [6.07, 6.45) is 2.98. The van der Waals surface area contributed by atoms with Crippen molar-refractivity contribution in [2.24, 2.45) is 7.05 Å². The molecule has 1 aliphatic heterocycles. The highest BCUT2D eigenvalue weighted by atomic mass is 16.5. The first-order chi connectivity index (χ1) is 11.1. The van der Waals surface area contributed by atoms with Gasteiger partial charge in [0, 0.05) is 26.4 Å². The largest absolute Gasteiger partial charge is 0.377 e. The van der Waals surface area contributed by atoms with E-state index in [2.05, 4.69) is 15.2 Å². The number of hydrogen-bond acceptors (Lipinski definition) is 4. The topological polar surface area (TPSA) is 76.0 Å². The van der Waals surface area contributed by atoms with Crippen molar-refractivity contribution >= 4 is 5.91 Å². The number of hydrogen-bond donors (Lipinski definition) is 1. The van der Waals surface area contributed by atoms with E-state index in [9.17, 15) is 4.79 Å². The highest BCUT2D eigenvalue weighted by molar-refractivity contribution is 5.93. The maximum Gasteiger partial charge on any atom is 0.271 e. The quantitative estimate of drug-likeness (QED) is 0.935. The Hall–Kier alpha value is -2.15. The number of piperidine rings is 1. The Kier molecular flexibility index (Phi) is 4.47. The van der Waals surface area contributed by atoms with Crippen LogP contribution in [-0.2, 0) is 18.4 Å². The van der Waals surface area contributed by atoms with Gasteiger partial charge < -0.3 is 14.2 Å². The molecule has 3 rings (SSSR count). The molecule has 124 valence electrons. The minimum absolute atomic E-state index is 0.0448. The van der Waals surface area contributed by atoms with E-state index in [1.54, 1.807) is 7.11 Å². The zero-order valence-corrected chi connectivity index (χ0v) is 13.9. The lowest BCUT2D eigenvalue weighted by atomic mass is 10.0. The minimum Gasteiger partial charge on any atom is -0.377 e. The van der Waals surface area contributed by atoms with Crippen molar-refractivity contribution in [1.29, 1.82) is 0 Å². The second-order valence-corrected chi connectivity index (χ2v) is 6.00. The molecule has 0 bridgehead atoms. The van der Waals surface area contributed by atoms with Crippen LogP contribution in [0, 0.1) is 6.92 Å². The normalized spacial score (nSPS) is 18.4. The second kappa shape index (κ2) is 6.54. The fourth-order valence-corrected chi connectivity index (χ4v) is 3.08. The number of nitrogens with one attached hydrogen (secondary N) is 1. The third-order valence-corrected chi connectivity index (χ3v) is 4.48. The van der Waals surface area contributed by atoms with Gasteiger partial charge in [-0.25, -0.2) is 4.98 Å². The monoisotopic (exact) mass is 317 g/mol. The highest BCUT2D eigenvalue weighted by Gasteiger charge is 2.32. The fourth-order valence-electron chi connectivity index (χ4n) is 3.08. The van der Waals surface area contributed by atoms with Crippen LogP contribution in [0.5, 0.6) is 0 Å². The van der Waals surface area contributed by atoms with Crippen LogP contribution in [-0.4, -0.2) is 44.2 Å². The van der Waals surface area contributed by atoms with E-state index in [1.165, 1.54) is 0 Å². The first-order valence-electron chi connectivity index (χ1n) is 7.95. The van der Waals surface area contributed by atoms with E-state index < -0.39 is 0 Å². The smallest absolute Gasteiger partial charge is 0.271 e. The summed E-state index contributed by atoms with van der Waals surface area (Å²) in [5, 5.41) is 7.19. The molecule has 0 radical (unpaired) electrons. The van der Waals surface area contributed by atoms with Gasteiger partial charge in [0.25, 0.3) is 5.91 Å². The number of ether oxygens (including phenoxy) is 1. The number of aromatic nitrogens is 4. The van der Waals surface area contributed by atoms with Crippen molar-refractivity contribution in [2.75, 3.05) is 13.7 Å². The van der Waals surface area contributed by atoms with E-state index in [1.807, 2.05) is 35.6 Å². The third kappa shape index (κ3) is 3.01. The lowest BCUT2D eigenvalue weighted by molar-refractivity contribution is 0.0590. The molecule has 0 aromatic carbocycles. The molecule has 3 heterocycles. The van der Waals surface area contributed by atoms with Crippen LogP contribution in [0.4, 0.5) is 0 Å². The lowest BCUT2D eigenvalue weighted by Gasteiger charge is -2.34. The number of nitrogens with zero attached hydrogens (tertiary/aromatic N) is 4. The molecular weight excluding hydrogens is 294 g/mol. The molecule has 1 fully saturated rings. The van der Waals surface area contributed by atoms with Gasteiger partial charge in [-0.1, -0.05) is 0 Å². The Morgan fingerprint density at radius 2 is 2.26 bits per heavy atom. The number of rotatable bonds is 4. The van der Waals surface area contributed by atoms with Gasteiger partial charge in [-0.15, -0.1) is 0 Å². The Labute approximate surface area is 135 Å². The summed E-state index contributed by atoms with van der Waals surface area (Å²) in [4.78, 5) is 19.4. The standard InChI is InChI=1S/C16H23N5O2/c1-11-7-8-13(20(11)2)16(22)21-9-5-4-6-12(21)15-17-14(10-23-3)18-19-15/h7-8,12H,4-6,9-10H2,1-3H3,(H,17,18,19)/t12-/m1/s1. The SMILES string of the molecule is COCc1nc([C@H]2CCCCN2C(=O)c2ccc(C)n2C)n[nH]1. The predicted octanol–water partition coefficient (Wildman–Crippen LogP) is 1.97. The number of amides is 1. The molecule has 7 heteroatoms. The first kappa shape index (κ1) is 15.7. The molecule has 0 saturated carbocycles. The van der Waals surface area contributed by atoms with Crippen molar-refractivity contribution in [1.82, 2.24) is 24.6 Å². The van der Waals surface area contributed by atoms with E-state index >= 15 is 0 Å². The summed E-state index contributed by atoms with van der Waals surface area (Å²) in [6, 6.07) is 3.78. The Morgan fingerprint density at radius 3 is 2.96 bits per heavy atom. The van der Waals surface area contributed by atoms with Crippen LogP contribution < -0.4 is 0 Å². The summed E-state index contributed by atoms with van der Waals surface area (Å²) in [5.74, 6) is 1.41. The molecule has 1 saturated heterocycles. The molecule has 1 amide bonds. The number of aromatic amines is 1. The van der Waals surface area contributed by atoms with Crippen molar-refractivity contribution in [3.05, 3.63) is 35.2 Å². The Bertz CT molecular complexity index is 690. The van der Waals surface area contributed by atoms with Crippen LogP contribution in [0.1, 0.15) is 53.1 Å². The minimum atomic E-state index is -0.0756. The zero-order chi connectivity index (χ0) is 16.4. The molecule has 1 N–H and O–H groups in total. The van der Waals surface area contributed by atoms with Crippen LogP contribution in [0.2, 0.25) is 0 Å². The van der Waals surface area contributed by atoms with Gasteiger partial charge >= 0.3 is 0 Å². The summed E-state index contributed by atoms with van der Waals surface area (Å²) in [6.45, 7) is 3.13. The second-order valence-electron chi connectivity index (χ2n) is 6.00. The van der Waals surface area contributed by atoms with Gasteiger partial charge in [0.05, 0.1) is 6.04 Å². The van der Waals surface area contributed by atoms with Gasteiger partial charge in [-0.3, -0.25) is 9.89 Å². The molecule has 1 atom stereocenters. The average Bonchev–Trinajstić information content (AvgIpc) is 3.15. The molecule has 23 heavy (non-hydrogen) atoms. The number of methoxy groups -OCH3 is 1. The summed E-state index contributed by atoms with van der Waals surface area (Å²) < 4.78 is 7.01. The van der Waals surface area contributed by atoms with Crippen LogP contribution in [0.3, 0.4) is 0 Å². The van der Waals surface area contributed by atoms with Crippen molar-refractivity contribution in [2.45, 2.75) is 38.8 Å². The highest BCUT2D eigenvalue weighted by Crippen LogP contribution is 2.30. The number of likely N-dealkylation sites (tertiary alicyclic amines) is 1. The molecule has 2 aromatic rings. The average molecular weight is 317 g/mol. The van der Waals surface area contributed by atoms with Crippen LogP contribution in [0.25, 0.3) is 0 Å². The van der Waals surface area contributed by atoms with Gasteiger partial charge in [0.1, 0.15) is 12.3 Å². The zero-order valence-electron chi connectivity index (χ0n) is 13.9. The summed E-state index contributed by atoms with van der Waals surface area (Å²) in [7, 11) is 3.54. The third-order valence-electron chi connectivity index (χ3n) is 4.48. The molecule has 7 nitrogen and oxygen atoms in total. The molecule has 0 spiro atoms. The maximum absolute atomic E-state index is 13.0. The van der Waals surface area contributed by atoms with E-state index in [4.69, 9.17) is 4.74 Å². The van der Waals surface area contributed by atoms with E-state index in [-0.39, 0.29) is 11.9 Å². The maximum atomic E-state index is 13.0. The molecule has 1 aliphatic rings. The number of aryl methyl sites for hydroxylation is 1. The Balaban J connectivity index is 1.86. The van der Waals surface area contributed by atoms with Crippen LogP contribution >= 0.6 is 0 Å². The summed E-state index contributed by atoms with van der Waals surface area (Å²) in [5.41, 5.74) is 1.78.